The molecule has 0 bridgehead atoms. The van der Waals surface area contributed by atoms with Crippen molar-refractivity contribution in [1.29, 1.82) is 0 Å². The van der Waals surface area contributed by atoms with Crippen LogP contribution in [0.3, 0.4) is 0 Å². The monoisotopic (exact) mass is 314 g/mol. The lowest BCUT2D eigenvalue weighted by atomic mass is 10.2. The van der Waals surface area contributed by atoms with E-state index in [1.165, 1.54) is 11.3 Å². The van der Waals surface area contributed by atoms with E-state index >= 15 is 0 Å². The number of benzene rings is 1. The number of nitrogen functional groups attached to an aromatic ring is 1. The molecule has 2 rings (SSSR count). The maximum atomic E-state index is 5.65. The van der Waals surface area contributed by atoms with Crippen LogP contribution in [0.4, 0.5) is 5.13 Å². The van der Waals surface area contributed by atoms with Crippen LogP contribution in [-0.2, 0) is 6.61 Å². The van der Waals surface area contributed by atoms with Gasteiger partial charge in [0, 0.05) is 4.47 Å². The second-order valence-corrected chi connectivity index (χ2v) is 5.32. The smallest absolute Gasteiger partial charge is 0.219 e. The highest BCUT2D eigenvalue weighted by molar-refractivity contribution is 9.10. The Kier molecular flexibility index (Phi) is 3.93. The van der Waals surface area contributed by atoms with Crippen molar-refractivity contribution in [2.45, 2.75) is 13.5 Å². The van der Waals surface area contributed by atoms with E-state index in [0.29, 0.717) is 11.7 Å². The Morgan fingerprint density at radius 2 is 2.29 bits per heavy atom. The van der Waals surface area contributed by atoms with Crippen LogP contribution in [0.15, 0.2) is 22.7 Å². The van der Waals surface area contributed by atoms with E-state index in [1.807, 2.05) is 25.1 Å². The zero-order valence-corrected chi connectivity index (χ0v) is 11.5. The molecule has 0 aliphatic carbocycles. The number of nitrogens with two attached hydrogens (primary N) is 1. The molecule has 0 aliphatic rings. The average Bonchev–Trinajstić information content (AvgIpc) is 2.76. The van der Waals surface area contributed by atoms with Gasteiger partial charge >= 0.3 is 0 Å². The first-order valence-corrected chi connectivity index (χ1v) is 6.48. The molecular formula is C10H11BrN4OS. The molecule has 1 heterocycles. The highest BCUT2D eigenvalue weighted by Crippen LogP contribution is 2.23. The van der Waals surface area contributed by atoms with Gasteiger partial charge in [0.2, 0.25) is 5.13 Å². The minimum atomic E-state index is 0.391. The number of ether oxygens (including phenoxy) is 1. The van der Waals surface area contributed by atoms with Gasteiger partial charge in [-0.15, -0.1) is 10.2 Å². The zero-order valence-electron chi connectivity index (χ0n) is 9.11. The summed E-state index contributed by atoms with van der Waals surface area (Å²) in [5, 5.41) is 9.13. The quantitative estimate of drug-likeness (QED) is 0.670. The SMILES string of the molecule is Cc1cc(Br)ccc1OCc1nnc(NN)s1. The first kappa shape index (κ1) is 12.3. The molecule has 0 atom stereocenters. The molecule has 0 amide bonds. The number of aromatic nitrogens is 2. The molecule has 2 aromatic rings. The van der Waals surface area contributed by atoms with Crippen molar-refractivity contribution in [3.05, 3.63) is 33.2 Å². The summed E-state index contributed by atoms with van der Waals surface area (Å²) in [5.74, 6) is 6.06. The van der Waals surface area contributed by atoms with Crippen LogP contribution in [0.25, 0.3) is 0 Å². The average molecular weight is 315 g/mol. The fourth-order valence-corrected chi connectivity index (χ4v) is 2.32. The molecular weight excluding hydrogens is 304 g/mol. The number of aryl methyl sites for hydroxylation is 1. The number of nitrogens with one attached hydrogen (secondary N) is 1. The van der Waals surface area contributed by atoms with Crippen LogP contribution in [0.2, 0.25) is 0 Å². The third-order valence-corrected chi connectivity index (χ3v) is 3.40. The summed E-state index contributed by atoms with van der Waals surface area (Å²) in [5.41, 5.74) is 3.52. The molecule has 5 nitrogen and oxygen atoms in total. The van der Waals surface area contributed by atoms with Crippen molar-refractivity contribution in [1.82, 2.24) is 10.2 Å². The maximum Gasteiger partial charge on any atom is 0.219 e. The lowest BCUT2D eigenvalue weighted by Crippen LogP contribution is -2.05. The Labute approximate surface area is 111 Å². The van der Waals surface area contributed by atoms with Gasteiger partial charge in [-0.2, -0.15) is 0 Å². The molecule has 0 saturated heterocycles. The van der Waals surface area contributed by atoms with E-state index in [4.69, 9.17) is 10.6 Å². The maximum absolute atomic E-state index is 5.65. The molecule has 0 saturated carbocycles. The van der Waals surface area contributed by atoms with Gasteiger partial charge in [0.05, 0.1) is 0 Å². The van der Waals surface area contributed by atoms with E-state index < -0.39 is 0 Å². The summed E-state index contributed by atoms with van der Waals surface area (Å²) in [6, 6.07) is 5.86. The summed E-state index contributed by atoms with van der Waals surface area (Å²) in [7, 11) is 0. The van der Waals surface area contributed by atoms with Crippen LogP contribution in [0.1, 0.15) is 10.6 Å². The highest BCUT2D eigenvalue weighted by Gasteiger charge is 2.05. The van der Waals surface area contributed by atoms with E-state index in [9.17, 15) is 0 Å². The van der Waals surface area contributed by atoms with E-state index in [0.717, 1.165) is 20.8 Å². The number of hydrogen-bond donors (Lipinski definition) is 2. The fourth-order valence-electron chi connectivity index (χ4n) is 1.28. The molecule has 1 aromatic heterocycles. The van der Waals surface area contributed by atoms with Crippen molar-refractivity contribution >= 4 is 32.4 Å². The number of halogens is 1. The molecule has 3 N–H and O–H groups in total. The Bertz CT molecular complexity index is 517. The molecule has 0 radical (unpaired) electrons. The normalized spacial score (nSPS) is 10.3. The molecule has 0 fully saturated rings. The Balaban J connectivity index is 2.02. The van der Waals surface area contributed by atoms with Crippen LogP contribution in [0, 0.1) is 6.92 Å². The summed E-state index contributed by atoms with van der Waals surface area (Å²) in [6.07, 6.45) is 0. The molecule has 17 heavy (non-hydrogen) atoms. The van der Waals surface area contributed by atoms with E-state index in [-0.39, 0.29) is 0 Å². The van der Waals surface area contributed by atoms with Crippen molar-refractivity contribution in [2.75, 3.05) is 5.43 Å². The second kappa shape index (κ2) is 5.44. The standard InChI is InChI=1S/C10H11BrN4OS/c1-6-4-7(11)2-3-8(6)16-5-9-14-15-10(13-12)17-9/h2-4H,5,12H2,1H3,(H,13,15). The highest BCUT2D eigenvalue weighted by atomic mass is 79.9. The Morgan fingerprint density at radius 3 is 2.94 bits per heavy atom. The van der Waals surface area contributed by atoms with Gasteiger partial charge in [0.15, 0.2) is 5.01 Å². The summed E-state index contributed by atoms with van der Waals surface area (Å²) >= 11 is 4.78. The third kappa shape index (κ3) is 3.15. The van der Waals surface area contributed by atoms with Gasteiger partial charge in [-0.3, -0.25) is 5.43 Å². The number of hydrazine groups is 1. The molecule has 1 aromatic carbocycles. The van der Waals surface area contributed by atoms with Crippen molar-refractivity contribution < 1.29 is 4.74 Å². The third-order valence-electron chi connectivity index (χ3n) is 2.08. The number of nitrogens with zero attached hydrogens (tertiary/aromatic N) is 2. The molecule has 7 heteroatoms. The summed E-state index contributed by atoms with van der Waals surface area (Å²) in [4.78, 5) is 0. The number of rotatable bonds is 4. The van der Waals surface area contributed by atoms with Gasteiger partial charge in [-0.05, 0) is 30.7 Å². The first-order chi connectivity index (χ1) is 8.19. The summed E-state index contributed by atoms with van der Waals surface area (Å²) < 4.78 is 6.69. The predicted octanol–water partition coefficient (Wildman–Crippen LogP) is 2.47. The fraction of sp³-hybridized carbons (Fsp3) is 0.200. The van der Waals surface area contributed by atoms with E-state index in [1.54, 1.807) is 0 Å². The largest absolute Gasteiger partial charge is 0.486 e. The second-order valence-electron chi connectivity index (χ2n) is 3.34. The van der Waals surface area contributed by atoms with Crippen LogP contribution >= 0.6 is 27.3 Å². The Morgan fingerprint density at radius 1 is 1.47 bits per heavy atom. The predicted molar refractivity (Wildman–Crippen MR) is 70.9 cm³/mol. The zero-order chi connectivity index (χ0) is 12.3. The van der Waals surface area contributed by atoms with Gasteiger partial charge in [0.25, 0.3) is 0 Å². The van der Waals surface area contributed by atoms with Crippen molar-refractivity contribution in [3.63, 3.8) is 0 Å². The van der Waals surface area contributed by atoms with Gasteiger partial charge in [-0.1, -0.05) is 27.3 Å². The van der Waals surface area contributed by atoms with Crippen LogP contribution < -0.4 is 16.0 Å². The summed E-state index contributed by atoms with van der Waals surface area (Å²) in [6.45, 7) is 2.38. The minimum Gasteiger partial charge on any atom is -0.486 e. The number of hydrogen-bond acceptors (Lipinski definition) is 6. The van der Waals surface area contributed by atoms with Crippen LogP contribution in [-0.4, -0.2) is 10.2 Å². The minimum absolute atomic E-state index is 0.391. The van der Waals surface area contributed by atoms with Crippen LogP contribution in [0.5, 0.6) is 5.75 Å². The van der Waals surface area contributed by atoms with Crippen molar-refractivity contribution in [2.24, 2.45) is 5.84 Å². The van der Waals surface area contributed by atoms with Gasteiger partial charge < -0.3 is 4.74 Å². The molecule has 0 spiro atoms. The lowest BCUT2D eigenvalue weighted by molar-refractivity contribution is 0.302. The molecule has 0 aliphatic heterocycles. The first-order valence-electron chi connectivity index (χ1n) is 4.87. The molecule has 0 unspecified atom stereocenters. The van der Waals surface area contributed by atoms with Gasteiger partial charge in [0.1, 0.15) is 12.4 Å². The lowest BCUT2D eigenvalue weighted by Gasteiger charge is -2.07. The topological polar surface area (TPSA) is 73.1 Å². The number of anilines is 1. The van der Waals surface area contributed by atoms with E-state index in [2.05, 4.69) is 31.6 Å². The van der Waals surface area contributed by atoms with Crippen molar-refractivity contribution in [3.8, 4) is 5.75 Å². The molecule has 90 valence electrons. The Hall–Kier alpha value is -1.18. The van der Waals surface area contributed by atoms with Gasteiger partial charge in [-0.25, -0.2) is 5.84 Å².